The maximum Gasteiger partial charge on any atom is 0.176 e. The van der Waals surface area contributed by atoms with Crippen molar-refractivity contribution in [1.82, 2.24) is 0 Å². The normalized spacial score (nSPS) is 10.2. The molecule has 1 aromatic carbocycles. The molecule has 0 spiro atoms. The molecule has 13 heavy (non-hydrogen) atoms. The predicted molar refractivity (Wildman–Crippen MR) is 51.8 cm³/mol. The number of hydrogen-bond donors (Lipinski definition) is 2. The van der Waals surface area contributed by atoms with Crippen LogP contribution in [0.5, 0.6) is 5.75 Å². The van der Waals surface area contributed by atoms with Crippen molar-refractivity contribution in [2.75, 3.05) is 24.7 Å². The molecule has 0 fully saturated rings. The molecule has 0 heterocycles. The van der Waals surface area contributed by atoms with Crippen molar-refractivity contribution in [3.05, 3.63) is 16.9 Å². The summed E-state index contributed by atoms with van der Waals surface area (Å²) in [7, 11) is 3.28. The Labute approximate surface area is 80.5 Å². The molecular weight excluding hydrogens is 195 g/mol. The standard InChI is InChI=1S/C8H10ClFN2O/c1-12(2)7-6(9)5(11)3-4(10)8(7)13/h3,13H,11H2,1-2H3. The second-order valence-electron chi connectivity index (χ2n) is 2.85. The molecule has 3 nitrogen and oxygen atoms in total. The van der Waals surface area contributed by atoms with E-state index in [0.29, 0.717) is 0 Å². The summed E-state index contributed by atoms with van der Waals surface area (Å²) in [5, 5.41) is 9.47. The Bertz CT molecular complexity index is 315. The van der Waals surface area contributed by atoms with Gasteiger partial charge in [-0.3, -0.25) is 0 Å². The lowest BCUT2D eigenvalue weighted by atomic mass is 10.2. The first kappa shape index (κ1) is 9.92. The van der Waals surface area contributed by atoms with Crippen molar-refractivity contribution in [2.45, 2.75) is 0 Å². The largest absolute Gasteiger partial charge is 0.503 e. The van der Waals surface area contributed by atoms with Crippen LogP contribution in [0.15, 0.2) is 6.07 Å². The van der Waals surface area contributed by atoms with Gasteiger partial charge in [0.15, 0.2) is 11.6 Å². The Morgan fingerprint density at radius 2 is 2.08 bits per heavy atom. The van der Waals surface area contributed by atoms with Gasteiger partial charge in [0, 0.05) is 20.2 Å². The zero-order chi connectivity index (χ0) is 10.2. The maximum atomic E-state index is 13.0. The number of nitrogen functional groups attached to an aromatic ring is 1. The topological polar surface area (TPSA) is 49.5 Å². The van der Waals surface area contributed by atoms with Gasteiger partial charge < -0.3 is 15.7 Å². The molecule has 0 aliphatic heterocycles. The highest BCUT2D eigenvalue weighted by molar-refractivity contribution is 6.36. The molecule has 0 radical (unpaired) electrons. The summed E-state index contributed by atoms with van der Waals surface area (Å²) >= 11 is 5.77. The van der Waals surface area contributed by atoms with Crippen molar-refractivity contribution in [3.63, 3.8) is 0 Å². The molecule has 72 valence electrons. The molecule has 3 N–H and O–H groups in total. The molecule has 0 saturated heterocycles. The number of halogens is 2. The molecule has 0 saturated carbocycles. The van der Waals surface area contributed by atoms with Crippen LogP contribution < -0.4 is 10.6 Å². The number of anilines is 2. The second kappa shape index (κ2) is 3.30. The number of nitrogens with zero attached hydrogens (tertiary/aromatic N) is 1. The fourth-order valence-corrected chi connectivity index (χ4v) is 1.34. The summed E-state index contributed by atoms with van der Waals surface area (Å²) in [5.41, 5.74) is 5.72. The molecule has 0 bridgehead atoms. The molecule has 0 amide bonds. The minimum absolute atomic E-state index is 0.112. The van der Waals surface area contributed by atoms with Gasteiger partial charge in [0.1, 0.15) is 5.69 Å². The molecule has 0 aromatic heterocycles. The summed E-state index contributed by atoms with van der Waals surface area (Å²) in [4.78, 5) is 1.50. The summed E-state index contributed by atoms with van der Waals surface area (Å²) in [5.74, 6) is -1.25. The van der Waals surface area contributed by atoms with Crippen molar-refractivity contribution in [2.24, 2.45) is 0 Å². The smallest absolute Gasteiger partial charge is 0.176 e. The van der Waals surface area contributed by atoms with Crippen LogP contribution >= 0.6 is 11.6 Å². The Morgan fingerprint density at radius 3 is 2.54 bits per heavy atom. The van der Waals surface area contributed by atoms with Gasteiger partial charge in [0.2, 0.25) is 0 Å². The molecule has 0 aliphatic rings. The Morgan fingerprint density at radius 1 is 1.54 bits per heavy atom. The quantitative estimate of drug-likeness (QED) is 0.542. The average molecular weight is 205 g/mol. The second-order valence-corrected chi connectivity index (χ2v) is 3.23. The third-order valence-corrected chi connectivity index (χ3v) is 2.04. The van der Waals surface area contributed by atoms with Gasteiger partial charge in [-0.25, -0.2) is 4.39 Å². The SMILES string of the molecule is CN(C)c1c(O)c(F)cc(N)c1Cl. The van der Waals surface area contributed by atoms with Gasteiger partial charge in [-0.1, -0.05) is 11.6 Å². The first-order chi connectivity index (χ1) is 5.95. The van der Waals surface area contributed by atoms with Gasteiger partial charge in [-0.05, 0) is 0 Å². The van der Waals surface area contributed by atoms with Crippen molar-refractivity contribution in [3.8, 4) is 5.75 Å². The summed E-state index contributed by atoms with van der Waals surface area (Å²) in [6, 6.07) is 0.991. The van der Waals surface area contributed by atoms with Crippen LogP contribution in [-0.2, 0) is 0 Å². The molecule has 5 heteroatoms. The van der Waals surface area contributed by atoms with Crippen LogP contribution in [0.1, 0.15) is 0 Å². The van der Waals surface area contributed by atoms with Gasteiger partial charge in [-0.15, -0.1) is 0 Å². The minimum Gasteiger partial charge on any atom is -0.503 e. The highest BCUT2D eigenvalue weighted by Gasteiger charge is 2.16. The van der Waals surface area contributed by atoms with E-state index in [1.165, 1.54) is 4.90 Å². The van der Waals surface area contributed by atoms with E-state index >= 15 is 0 Å². The van der Waals surface area contributed by atoms with E-state index in [-0.39, 0.29) is 16.4 Å². The maximum absolute atomic E-state index is 13.0. The van der Waals surface area contributed by atoms with Gasteiger partial charge in [0.25, 0.3) is 0 Å². The number of nitrogens with two attached hydrogens (primary N) is 1. The fraction of sp³-hybridized carbons (Fsp3) is 0.250. The summed E-state index contributed by atoms with van der Waals surface area (Å²) in [6.45, 7) is 0. The lowest BCUT2D eigenvalue weighted by molar-refractivity contribution is 0.433. The van der Waals surface area contributed by atoms with Crippen LogP contribution in [0, 0.1) is 5.82 Å². The zero-order valence-corrected chi connectivity index (χ0v) is 8.06. The highest BCUT2D eigenvalue weighted by Crippen LogP contribution is 2.39. The van der Waals surface area contributed by atoms with Crippen molar-refractivity contribution < 1.29 is 9.50 Å². The van der Waals surface area contributed by atoms with Crippen molar-refractivity contribution in [1.29, 1.82) is 0 Å². The third kappa shape index (κ3) is 1.62. The highest BCUT2D eigenvalue weighted by atomic mass is 35.5. The van der Waals surface area contributed by atoms with Crippen LogP contribution in [0.2, 0.25) is 5.02 Å². The molecule has 0 unspecified atom stereocenters. The van der Waals surface area contributed by atoms with E-state index in [2.05, 4.69) is 0 Å². The van der Waals surface area contributed by atoms with Crippen LogP contribution in [0.4, 0.5) is 15.8 Å². The number of phenols is 1. The third-order valence-electron chi connectivity index (χ3n) is 1.64. The van der Waals surface area contributed by atoms with E-state index in [1.807, 2.05) is 0 Å². The first-order valence-corrected chi connectivity index (χ1v) is 3.96. The molecule has 1 aromatic rings. The van der Waals surface area contributed by atoms with E-state index < -0.39 is 11.6 Å². The van der Waals surface area contributed by atoms with Crippen LogP contribution in [0.25, 0.3) is 0 Å². The zero-order valence-electron chi connectivity index (χ0n) is 7.31. The molecular formula is C8H10ClFN2O. The van der Waals surface area contributed by atoms with Crippen molar-refractivity contribution >= 4 is 23.0 Å². The molecule has 0 atom stereocenters. The summed E-state index contributed by atoms with van der Waals surface area (Å²) in [6.07, 6.45) is 0. The van der Waals surface area contributed by atoms with Crippen LogP contribution in [-0.4, -0.2) is 19.2 Å². The Kier molecular flexibility index (Phi) is 2.52. The number of benzene rings is 1. The molecule has 0 aliphatic carbocycles. The lowest BCUT2D eigenvalue weighted by Gasteiger charge is -2.17. The van der Waals surface area contributed by atoms with Crippen LogP contribution in [0.3, 0.4) is 0 Å². The fourth-order valence-electron chi connectivity index (χ4n) is 1.03. The molecule has 1 rings (SSSR count). The minimum atomic E-state index is -0.773. The monoisotopic (exact) mass is 204 g/mol. The summed E-state index contributed by atoms with van der Waals surface area (Å²) < 4.78 is 13.0. The Balaban J connectivity index is 3.46. The van der Waals surface area contributed by atoms with E-state index in [4.69, 9.17) is 17.3 Å². The number of hydrogen-bond acceptors (Lipinski definition) is 3. The first-order valence-electron chi connectivity index (χ1n) is 3.59. The van der Waals surface area contributed by atoms with Gasteiger partial charge >= 0.3 is 0 Å². The lowest BCUT2D eigenvalue weighted by Crippen LogP contribution is -2.11. The van der Waals surface area contributed by atoms with E-state index in [1.54, 1.807) is 14.1 Å². The number of aromatic hydroxyl groups is 1. The number of rotatable bonds is 1. The van der Waals surface area contributed by atoms with Gasteiger partial charge in [-0.2, -0.15) is 0 Å². The van der Waals surface area contributed by atoms with E-state index in [0.717, 1.165) is 6.07 Å². The van der Waals surface area contributed by atoms with Gasteiger partial charge in [0.05, 0.1) is 10.7 Å². The predicted octanol–water partition coefficient (Wildman–Crippen LogP) is 1.83. The number of phenolic OH excluding ortho intramolecular Hbond substituents is 1. The van der Waals surface area contributed by atoms with E-state index in [9.17, 15) is 9.50 Å². The average Bonchev–Trinajstić information content (AvgIpc) is 2.01. The Hall–Kier alpha value is -1.16.